The Bertz CT molecular complexity index is 670. The molecule has 2 aromatic rings. The summed E-state index contributed by atoms with van der Waals surface area (Å²) in [5.41, 5.74) is 6.31. The molecule has 106 valence electrons. The second-order valence-corrected chi connectivity index (χ2v) is 5.55. The third kappa shape index (κ3) is 2.38. The first-order valence-corrected chi connectivity index (χ1v) is 6.87. The number of phenolic OH excluding ortho intramolecular Hbond substituents is 1. The van der Waals surface area contributed by atoms with Gasteiger partial charge in [-0.15, -0.1) is 0 Å². The Morgan fingerprint density at radius 2 is 1.25 bits per heavy atom. The zero-order valence-corrected chi connectivity index (χ0v) is 13.1. The standard InChI is InChI=1S/C18H22O2/c1-10-7-8-11(2)17(13(10)4)20-18-12(3)9-16(19)14(5)15(18)6/h7-9,19H,1-6H3. The maximum Gasteiger partial charge on any atom is 0.133 e. The summed E-state index contributed by atoms with van der Waals surface area (Å²) in [5.74, 6) is 2.09. The third-order valence-electron chi connectivity index (χ3n) is 4.08. The smallest absolute Gasteiger partial charge is 0.133 e. The molecule has 0 atom stereocenters. The lowest BCUT2D eigenvalue weighted by atomic mass is 10.0. The van der Waals surface area contributed by atoms with Gasteiger partial charge in [-0.25, -0.2) is 0 Å². The lowest BCUT2D eigenvalue weighted by Gasteiger charge is -2.18. The Labute approximate surface area is 121 Å². The largest absolute Gasteiger partial charge is 0.508 e. The van der Waals surface area contributed by atoms with Crippen LogP contribution in [0.15, 0.2) is 18.2 Å². The summed E-state index contributed by atoms with van der Waals surface area (Å²) in [7, 11) is 0. The molecule has 2 rings (SSSR count). The summed E-state index contributed by atoms with van der Waals surface area (Å²) in [4.78, 5) is 0. The predicted octanol–water partition coefficient (Wildman–Crippen LogP) is 5.04. The van der Waals surface area contributed by atoms with Gasteiger partial charge in [0.1, 0.15) is 17.2 Å². The monoisotopic (exact) mass is 270 g/mol. The summed E-state index contributed by atoms with van der Waals surface area (Å²) >= 11 is 0. The second kappa shape index (κ2) is 5.20. The second-order valence-electron chi connectivity index (χ2n) is 5.55. The normalized spacial score (nSPS) is 10.7. The number of ether oxygens (including phenoxy) is 1. The minimum atomic E-state index is 0.324. The minimum Gasteiger partial charge on any atom is -0.508 e. The van der Waals surface area contributed by atoms with Gasteiger partial charge in [0.25, 0.3) is 0 Å². The van der Waals surface area contributed by atoms with Gasteiger partial charge in [0, 0.05) is 0 Å². The number of phenols is 1. The molecule has 0 heterocycles. The van der Waals surface area contributed by atoms with Crippen molar-refractivity contribution in [1.82, 2.24) is 0 Å². The molecule has 1 N–H and O–H groups in total. The first kappa shape index (κ1) is 14.4. The Morgan fingerprint density at radius 3 is 1.90 bits per heavy atom. The summed E-state index contributed by atoms with van der Waals surface area (Å²) in [6, 6.07) is 5.95. The quantitative estimate of drug-likeness (QED) is 0.828. The van der Waals surface area contributed by atoms with Crippen molar-refractivity contribution in [2.75, 3.05) is 0 Å². The van der Waals surface area contributed by atoms with Gasteiger partial charge >= 0.3 is 0 Å². The topological polar surface area (TPSA) is 29.5 Å². The maximum atomic E-state index is 9.87. The van der Waals surface area contributed by atoms with Gasteiger partial charge in [-0.1, -0.05) is 12.1 Å². The highest BCUT2D eigenvalue weighted by Crippen LogP contribution is 2.38. The zero-order chi connectivity index (χ0) is 15.0. The average Bonchev–Trinajstić information content (AvgIpc) is 2.40. The molecule has 0 aliphatic rings. The van der Waals surface area contributed by atoms with Crippen LogP contribution in [0, 0.1) is 41.5 Å². The summed E-state index contributed by atoms with van der Waals surface area (Å²) in [6.45, 7) is 12.1. The van der Waals surface area contributed by atoms with Crippen LogP contribution >= 0.6 is 0 Å². The van der Waals surface area contributed by atoms with Crippen molar-refractivity contribution in [2.24, 2.45) is 0 Å². The SMILES string of the molecule is Cc1ccc(C)c(Oc2c(C)cc(O)c(C)c2C)c1C. The Kier molecular flexibility index (Phi) is 3.76. The van der Waals surface area contributed by atoms with Gasteiger partial charge in [-0.3, -0.25) is 0 Å². The third-order valence-corrected chi connectivity index (χ3v) is 4.08. The van der Waals surface area contributed by atoms with Crippen molar-refractivity contribution < 1.29 is 9.84 Å². The van der Waals surface area contributed by atoms with Gasteiger partial charge < -0.3 is 9.84 Å². The minimum absolute atomic E-state index is 0.324. The fourth-order valence-electron chi connectivity index (χ4n) is 2.38. The van der Waals surface area contributed by atoms with Crippen LogP contribution < -0.4 is 4.74 Å². The molecule has 0 aromatic heterocycles. The highest BCUT2D eigenvalue weighted by atomic mass is 16.5. The van der Waals surface area contributed by atoms with E-state index in [9.17, 15) is 5.11 Å². The molecule has 0 fully saturated rings. The molecule has 0 spiro atoms. The number of rotatable bonds is 2. The van der Waals surface area contributed by atoms with Crippen LogP contribution in [0.25, 0.3) is 0 Å². The number of aryl methyl sites for hydroxylation is 3. The Balaban J connectivity index is 2.57. The van der Waals surface area contributed by atoms with Crippen molar-refractivity contribution in [3.63, 3.8) is 0 Å². The highest BCUT2D eigenvalue weighted by molar-refractivity contribution is 5.55. The lowest BCUT2D eigenvalue weighted by molar-refractivity contribution is 0.451. The Hall–Kier alpha value is -1.96. The summed E-state index contributed by atoms with van der Waals surface area (Å²) in [6.07, 6.45) is 0. The molecule has 2 heteroatoms. The van der Waals surface area contributed by atoms with E-state index in [0.29, 0.717) is 5.75 Å². The molecule has 0 unspecified atom stereocenters. The maximum absolute atomic E-state index is 9.87. The van der Waals surface area contributed by atoms with Crippen molar-refractivity contribution >= 4 is 0 Å². The van der Waals surface area contributed by atoms with E-state index in [1.807, 2.05) is 20.8 Å². The first-order chi connectivity index (χ1) is 9.32. The van der Waals surface area contributed by atoms with Crippen molar-refractivity contribution in [3.05, 3.63) is 51.6 Å². The molecule has 0 radical (unpaired) electrons. The van der Waals surface area contributed by atoms with E-state index < -0.39 is 0 Å². The van der Waals surface area contributed by atoms with Gasteiger partial charge in [0.2, 0.25) is 0 Å². The molecule has 2 aromatic carbocycles. The van der Waals surface area contributed by atoms with E-state index in [-0.39, 0.29) is 0 Å². The van der Waals surface area contributed by atoms with E-state index in [1.165, 1.54) is 5.56 Å². The summed E-state index contributed by atoms with van der Waals surface area (Å²) in [5, 5.41) is 9.87. The molecule has 0 bridgehead atoms. The van der Waals surface area contributed by atoms with Gasteiger partial charge in [0.15, 0.2) is 0 Å². The molecule has 2 nitrogen and oxygen atoms in total. The van der Waals surface area contributed by atoms with E-state index in [1.54, 1.807) is 6.07 Å². The molecular weight excluding hydrogens is 248 g/mol. The molecule has 20 heavy (non-hydrogen) atoms. The van der Waals surface area contributed by atoms with E-state index >= 15 is 0 Å². The van der Waals surface area contributed by atoms with Crippen LogP contribution in [0.1, 0.15) is 33.4 Å². The van der Waals surface area contributed by atoms with Crippen LogP contribution in [0.2, 0.25) is 0 Å². The van der Waals surface area contributed by atoms with Crippen LogP contribution in [0.3, 0.4) is 0 Å². The molecular formula is C18H22O2. The number of hydrogen-bond donors (Lipinski definition) is 1. The number of benzene rings is 2. The van der Waals surface area contributed by atoms with Crippen LogP contribution in [-0.2, 0) is 0 Å². The fourth-order valence-corrected chi connectivity index (χ4v) is 2.38. The molecule has 0 aliphatic heterocycles. The van der Waals surface area contributed by atoms with E-state index in [4.69, 9.17) is 4.74 Å². The van der Waals surface area contributed by atoms with Crippen LogP contribution in [0.4, 0.5) is 0 Å². The summed E-state index contributed by atoms with van der Waals surface area (Å²) < 4.78 is 6.21. The van der Waals surface area contributed by atoms with Gasteiger partial charge in [-0.05, 0) is 81.0 Å². The van der Waals surface area contributed by atoms with Crippen LogP contribution in [-0.4, -0.2) is 5.11 Å². The lowest BCUT2D eigenvalue weighted by Crippen LogP contribution is -1.98. The van der Waals surface area contributed by atoms with Crippen molar-refractivity contribution in [1.29, 1.82) is 0 Å². The van der Waals surface area contributed by atoms with Crippen molar-refractivity contribution in [3.8, 4) is 17.2 Å². The average molecular weight is 270 g/mol. The predicted molar refractivity (Wildman–Crippen MR) is 83.0 cm³/mol. The fraction of sp³-hybridized carbons (Fsp3) is 0.333. The zero-order valence-electron chi connectivity index (χ0n) is 13.1. The molecule has 0 saturated heterocycles. The highest BCUT2D eigenvalue weighted by Gasteiger charge is 2.14. The Morgan fingerprint density at radius 1 is 0.700 bits per heavy atom. The van der Waals surface area contributed by atoms with E-state index in [2.05, 4.69) is 32.9 Å². The van der Waals surface area contributed by atoms with E-state index in [0.717, 1.165) is 39.3 Å². The molecule has 0 amide bonds. The van der Waals surface area contributed by atoms with Gasteiger partial charge in [-0.2, -0.15) is 0 Å². The van der Waals surface area contributed by atoms with Crippen molar-refractivity contribution in [2.45, 2.75) is 41.5 Å². The molecule has 0 aliphatic carbocycles. The van der Waals surface area contributed by atoms with Gasteiger partial charge in [0.05, 0.1) is 0 Å². The number of hydrogen-bond acceptors (Lipinski definition) is 2. The number of aromatic hydroxyl groups is 1. The van der Waals surface area contributed by atoms with Crippen LogP contribution in [0.5, 0.6) is 17.2 Å². The molecule has 0 saturated carbocycles. The first-order valence-electron chi connectivity index (χ1n) is 6.87.